The minimum atomic E-state index is -0.0238. The Bertz CT molecular complexity index is 838. The van der Waals surface area contributed by atoms with E-state index in [4.69, 9.17) is 0 Å². The zero-order chi connectivity index (χ0) is 21.1. The summed E-state index contributed by atoms with van der Waals surface area (Å²) in [5.41, 5.74) is -0.0238. The van der Waals surface area contributed by atoms with E-state index in [0.29, 0.717) is 12.5 Å². The number of rotatable bonds is 5. The third-order valence-corrected chi connectivity index (χ3v) is 7.31. The zero-order valence-corrected chi connectivity index (χ0v) is 19.4. The van der Waals surface area contributed by atoms with Gasteiger partial charge in [-0.25, -0.2) is 0 Å². The van der Waals surface area contributed by atoms with Gasteiger partial charge in [0.1, 0.15) is 11.6 Å². The molecule has 4 heterocycles. The molecule has 1 amide bonds. The maximum Gasteiger partial charge on any atom is 0.234 e. The van der Waals surface area contributed by atoms with Crippen molar-refractivity contribution in [3.63, 3.8) is 0 Å². The molecule has 2 aromatic heterocycles. The average molecular weight is 430 g/mol. The highest BCUT2D eigenvalue weighted by molar-refractivity contribution is 7.10. The van der Waals surface area contributed by atoms with E-state index in [-0.39, 0.29) is 17.4 Å². The number of aryl methyl sites for hydroxylation is 1. The van der Waals surface area contributed by atoms with E-state index in [1.165, 1.54) is 24.1 Å². The fourth-order valence-electron chi connectivity index (χ4n) is 4.80. The number of carbonyl (C=O) groups excluding carboxylic acids is 1. The molecular formula is C23H35N5OS. The number of fused-ring (bicyclic) bond motifs is 1. The fourth-order valence-corrected chi connectivity index (χ4v) is 5.82. The average Bonchev–Trinajstić information content (AvgIpc) is 3.31. The van der Waals surface area contributed by atoms with Crippen LogP contribution in [0.5, 0.6) is 0 Å². The van der Waals surface area contributed by atoms with Gasteiger partial charge in [0.15, 0.2) is 0 Å². The topological polar surface area (TPSA) is 63.1 Å². The Hall–Kier alpha value is -1.73. The van der Waals surface area contributed by atoms with E-state index in [9.17, 15) is 4.79 Å². The van der Waals surface area contributed by atoms with Crippen LogP contribution in [0.4, 0.5) is 0 Å². The summed E-state index contributed by atoms with van der Waals surface area (Å²) in [6, 6.07) is 4.22. The van der Waals surface area contributed by atoms with Crippen LogP contribution in [0.25, 0.3) is 0 Å². The molecule has 1 N–H and O–H groups in total. The summed E-state index contributed by atoms with van der Waals surface area (Å²) in [6.07, 6.45) is 6.99. The van der Waals surface area contributed by atoms with Crippen molar-refractivity contribution < 1.29 is 4.79 Å². The molecular weight excluding hydrogens is 394 g/mol. The Morgan fingerprint density at radius 3 is 2.87 bits per heavy atom. The molecule has 0 saturated carbocycles. The molecule has 2 aromatic rings. The van der Waals surface area contributed by atoms with Crippen LogP contribution in [0.1, 0.15) is 81.4 Å². The molecule has 30 heavy (non-hydrogen) atoms. The second-order valence-corrected chi connectivity index (χ2v) is 10.9. The molecule has 0 aromatic carbocycles. The maximum atomic E-state index is 13.0. The second-order valence-electron chi connectivity index (χ2n) is 9.89. The van der Waals surface area contributed by atoms with Gasteiger partial charge in [-0.1, -0.05) is 33.3 Å². The van der Waals surface area contributed by atoms with Crippen molar-refractivity contribution in [2.75, 3.05) is 19.6 Å². The number of aromatic nitrogens is 3. The highest BCUT2D eigenvalue weighted by atomic mass is 32.1. The monoisotopic (exact) mass is 429 g/mol. The molecule has 2 unspecified atom stereocenters. The van der Waals surface area contributed by atoms with Gasteiger partial charge in [0.25, 0.3) is 0 Å². The molecule has 6 nitrogen and oxygen atoms in total. The summed E-state index contributed by atoms with van der Waals surface area (Å²) < 4.78 is 2.37. The standard InChI is InChI=1S/C23H35N5OS/c1-23(2,3)21(18-10-8-14-30-18)24-20(29)16-27-12-7-9-17(15-27)22-26-25-19-11-5-4-6-13-28(19)22/h8,10,14,17,21H,4-7,9,11-13,15-16H2,1-3H3,(H,24,29). The lowest BCUT2D eigenvalue weighted by Crippen LogP contribution is -2.45. The van der Waals surface area contributed by atoms with Crippen molar-refractivity contribution in [2.24, 2.45) is 5.41 Å². The number of amides is 1. The maximum absolute atomic E-state index is 13.0. The van der Waals surface area contributed by atoms with Gasteiger partial charge in [-0.2, -0.15) is 0 Å². The van der Waals surface area contributed by atoms with Crippen LogP contribution in [-0.4, -0.2) is 45.2 Å². The Labute approximate surface area is 184 Å². The Kier molecular flexibility index (Phi) is 6.58. The van der Waals surface area contributed by atoms with Crippen LogP contribution in [-0.2, 0) is 17.8 Å². The Morgan fingerprint density at radius 1 is 1.23 bits per heavy atom. The third-order valence-electron chi connectivity index (χ3n) is 6.38. The molecule has 1 fully saturated rings. The zero-order valence-electron chi connectivity index (χ0n) is 18.6. The molecule has 2 atom stereocenters. The summed E-state index contributed by atoms with van der Waals surface area (Å²) >= 11 is 1.71. The molecule has 0 aliphatic carbocycles. The lowest BCUT2D eigenvalue weighted by molar-refractivity contribution is -0.124. The van der Waals surface area contributed by atoms with Crippen LogP contribution < -0.4 is 5.32 Å². The number of likely N-dealkylation sites (tertiary alicyclic amines) is 1. The first-order valence-corrected chi connectivity index (χ1v) is 12.3. The molecule has 1 saturated heterocycles. The summed E-state index contributed by atoms with van der Waals surface area (Å²) in [5.74, 6) is 2.79. The largest absolute Gasteiger partial charge is 0.347 e. The quantitative estimate of drug-likeness (QED) is 0.776. The normalized spacial score (nSPS) is 21.6. The number of hydrogen-bond donors (Lipinski definition) is 1. The van der Waals surface area contributed by atoms with Crippen molar-refractivity contribution in [1.82, 2.24) is 25.0 Å². The predicted octanol–water partition coefficient (Wildman–Crippen LogP) is 4.15. The number of hydrogen-bond acceptors (Lipinski definition) is 5. The highest BCUT2D eigenvalue weighted by Gasteiger charge is 2.31. The smallest absolute Gasteiger partial charge is 0.234 e. The number of nitrogens with one attached hydrogen (secondary N) is 1. The Morgan fingerprint density at radius 2 is 2.10 bits per heavy atom. The summed E-state index contributed by atoms with van der Waals surface area (Å²) in [4.78, 5) is 16.5. The number of carbonyl (C=O) groups is 1. The predicted molar refractivity (Wildman–Crippen MR) is 121 cm³/mol. The van der Waals surface area contributed by atoms with Gasteiger partial charge < -0.3 is 9.88 Å². The van der Waals surface area contributed by atoms with Gasteiger partial charge in [-0.15, -0.1) is 21.5 Å². The molecule has 164 valence electrons. The van der Waals surface area contributed by atoms with E-state index in [0.717, 1.165) is 50.5 Å². The fraction of sp³-hybridized carbons (Fsp3) is 0.696. The lowest BCUT2D eigenvalue weighted by Gasteiger charge is -2.34. The van der Waals surface area contributed by atoms with E-state index in [1.807, 2.05) is 0 Å². The number of piperidine rings is 1. The van der Waals surface area contributed by atoms with Crippen LogP contribution >= 0.6 is 11.3 Å². The van der Waals surface area contributed by atoms with Crippen LogP contribution in [0.3, 0.4) is 0 Å². The highest BCUT2D eigenvalue weighted by Crippen LogP contribution is 2.35. The minimum absolute atomic E-state index is 0.0238. The van der Waals surface area contributed by atoms with Gasteiger partial charge in [-0.3, -0.25) is 9.69 Å². The summed E-state index contributed by atoms with van der Waals surface area (Å²) in [5, 5.41) is 14.5. The summed E-state index contributed by atoms with van der Waals surface area (Å²) in [6.45, 7) is 9.93. The molecule has 2 aliphatic rings. The van der Waals surface area contributed by atoms with E-state index in [2.05, 4.69) is 63.3 Å². The van der Waals surface area contributed by atoms with E-state index < -0.39 is 0 Å². The number of nitrogens with zero attached hydrogens (tertiary/aromatic N) is 4. The SMILES string of the molecule is CC(C)(C)C(NC(=O)CN1CCCC(c2nnc3n2CCCCC3)C1)c1cccs1. The van der Waals surface area contributed by atoms with Crippen molar-refractivity contribution in [3.05, 3.63) is 34.0 Å². The van der Waals surface area contributed by atoms with E-state index >= 15 is 0 Å². The molecule has 7 heteroatoms. The minimum Gasteiger partial charge on any atom is -0.347 e. The van der Waals surface area contributed by atoms with Crippen LogP contribution in [0.15, 0.2) is 17.5 Å². The van der Waals surface area contributed by atoms with Gasteiger partial charge >= 0.3 is 0 Å². The third kappa shape index (κ3) is 4.94. The molecule has 0 radical (unpaired) electrons. The first-order valence-electron chi connectivity index (χ1n) is 11.4. The van der Waals surface area contributed by atoms with Crippen LogP contribution in [0.2, 0.25) is 0 Å². The van der Waals surface area contributed by atoms with Crippen molar-refractivity contribution in [1.29, 1.82) is 0 Å². The van der Waals surface area contributed by atoms with Crippen molar-refractivity contribution in [3.8, 4) is 0 Å². The summed E-state index contributed by atoms with van der Waals surface area (Å²) in [7, 11) is 0. The molecule has 4 rings (SSSR count). The van der Waals surface area contributed by atoms with Gasteiger partial charge in [0.2, 0.25) is 5.91 Å². The second kappa shape index (κ2) is 9.18. The van der Waals surface area contributed by atoms with Gasteiger partial charge in [-0.05, 0) is 49.1 Å². The van der Waals surface area contributed by atoms with Gasteiger partial charge in [0.05, 0.1) is 12.6 Å². The number of thiophene rings is 1. The molecule has 0 bridgehead atoms. The first-order chi connectivity index (χ1) is 14.4. The molecule has 2 aliphatic heterocycles. The van der Waals surface area contributed by atoms with Crippen LogP contribution in [0, 0.1) is 5.41 Å². The van der Waals surface area contributed by atoms with Crippen molar-refractivity contribution >= 4 is 17.2 Å². The van der Waals surface area contributed by atoms with E-state index in [1.54, 1.807) is 11.3 Å². The Balaban J connectivity index is 1.39. The lowest BCUT2D eigenvalue weighted by atomic mass is 9.85. The first kappa shape index (κ1) is 21.5. The van der Waals surface area contributed by atoms with Gasteiger partial charge in [0, 0.05) is 30.3 Å². The van der Waals surface area contributed by atoms with Crippen molar-refractivity contribution in [2.45, 2.75) is 77.8 Å². The molecule has 0 spiro atoms.